The number of cyclic esters (lactones) is 1. The van der Waals surface area contributed by atoms with E-state index in [1.807, 2.05) is 20.8 Å². The summed E-state index contributed by atoms with van der Waals surface area (Å²) in [7, 11) is -9.25. The first-order valence-corrected chi connectivity index (χ1v) is 31.6. The Balaban J connectivity index is 0.912. The maximum Gasteiger partial charge on any atom is 0.397 e. The summed E-state index contributed by atoms with van der Waals surface area (Å²) in [5, 5.41) is 89.6. The van der Waals surface area contributed by atoms with Gasteiger partial charge in [-0.15, -0.1) is 0 Å². The van der Waals surface area contributed by atoms with Crippen LogP contribution in [0.15, 0.2) is 11.6 Å². The molecule has 3 saturated carbocycles. The molecule has 84 heavy (non-hydrogen) atoms. The number of Topliss-reactive ketones (excluding diaryl/α,β-unsaturated/α-hetero) is 1. The molecule has 0 aromatic heterocycles. The van der Waals surface area contributed by atoms with Gasteiger partial charge in [-0.05, 0) is 87.4 Å². The number of hydrogen-bond acceptors (Lipinski definition) is 26. The number of allylic oxidation sites excluding steroid dienone is 2. The fourth-order valence-electron chi connectivity index (χ4n) is 16.5. The van der Waals surface area contributed by atoms with Gasteiger partial charge < -0.3 is 88.2 Å². The quantitative estimate of drug-likeness (QED) is 0.0444. The molecule has 5 heterocycles. The Morgan fingerprint density at radius 3 is 1.95 bits per heavy atom. The average molecular weight is 1250 g/mol. The van der Waals surface area contributed by atoms with E-state index in [4.69, 9.17) is 51.6 Å². The highest BCUT2D eigenvalue weighted by molar-refractivity contribution is 7.81. The number of methoxy groups -OCH3 is 1. The third kappa shape index (κ3) is 12.0. The van der Waals surface area contributed by atoms with E-state index in [1.54, 1.807) is 0 Å². The second-order valence-corrected chi connectivity index (χ2v) is 28.5. The molecule has 30 heteroatoms. The lowest BCUT2D eigenvalue weighted by Gasteiger charge is -2.64. The molecule has 0 bridgehead atoms. The van der Waals surface area contributed by atoms with E-state index in [0.29, 0.717) is 32.1 Å². The molecule has 0 aromatic carbocycles. The van der Waals surface area contributed by atoms with Crippen LogP contribution in [0.5, 0.6) is 0 Å². The number of rotatable bonds is 19. The molecular weight excluding hydrogens is 1160 g/mol. The third-order valence-corrected chi connectivity index (χ3v) is 21.4. The minimum absolute atomic E-state index is 0.00754. The van der Waals surface area contributed by atoms with Gasteiger partial charge in [0.15, 0.2) is 25.2 Å². The van der Waals surface area contributed by atoms with Crippen molar-refractivity contribution in [2.75, 3.05) is 26.9 Å². The Hall–Kier alpha value is -2.06. The van der Waals surface area contributed by atoms with Gasteiger partial charge in [-0.3, -0.25) is 18.7 Å². The van der Waals surface area contributed by atoms with Crippen LogP contribution in [-0.2, 0) is 86.1 Å². The minimum atomic E-state index is -5.21. The normalized spacial score (nSPS) is 48.6. The largest absolute Gasteiger partial charge is 0.458 e. The van der Waals surface area contributed by atoms with Gasteiger partial charge in [0.25, 0.3) is 0 Å². The number of ether oxygens (including phenoxy) is 10. The first-order chi connectivity index (χ1) is 39.0. The Labute approximate surface area is 488 Å². The van der Waals surface area contributed by atoms with Crippen molar-refractivity contribution in [2.24, 2.45) is 45.3 Å². The highest BCUT2D eigenvalue weighted by atomic mass is 32.3. The van der Waals surface area contributed by atoms with Crippen molar-refractivity contribution in [3.63, 3.8) is 0 Å². The maximum absolute atomic E-state index is 14.4. The van der Waals surface area contributed by atoms with E-state index in [9.17, 15) is 76.4 Å². The van der Waals surface area contributed by atoms with Crippen LogP contribution in [0.4, 0.5) is 0 Å². The molecule has 5 saturated heterocycles. The maximum atomic E-state index is 14.4. The van der Waals surface area contributed by atoms with Crippen LogP contribution in [0.3, 0.4) is 0 Å². The fraction of sp³-hybridized carbons (Fsp3) is 0.926. The number of esters is 1. The lowest BCUT2D eigenvalue weighted by atomic mass is 9.41. The lowest BCUT2D eigenvalue weighted by Crippen LogP contribution is -2.67. The predicted molar refractivity (Wildman–Crippen MR) is 282 cm³/mol. The Kier molecular flexibility index (Phi) is 19.2. The molecule has 482 valence electrons. The van der Waals surface area contributed by atoms with Crippen molar-refractivity contribution >= 4 is 32.6 Å². The van der Waals surface area contributed by atoms with E-state index in [2.05, 4.69) is 38.0 Å². The zero-order valence-corrected chi connectivity index (χ0v) is 50.2. The van der Waals surface area contributed by atoms with Gasteiger partial charge in [-0.2, -0.15) is 16.8 Å². The number of aliphatic hydroxyl groups excluding tert-OH is 8. The molecule has 10 N–H and O–H groups in total. The number of aliphatic hydroxyl groups is 8. The van der Waals surface area contributed by atoms with Gasteiger partial charge in [0.1, 0.15) is 96.8 Å². The number of fused-ring (bicyclic) bond motifs is 4. The lowest BCUT2D eigenvalue weighted by molar-refractivity contribution is -0.389. The summed E-state index contributed by atoms with van der Waals surface area (Å²) in [4.78, 5) is 27.7. The van der Waals surface area contributed by atoms with Crippen molar-refractivity contribution in [1.29, 1.82) is 0 Å². The van der Waals surface area contributed by atoms with Gasteiger partial charge >= 0.3 is 26.8 Å². The Bertz CT molecular complexity index is 2640. The van der Waals surface area contributed by atoms with Crippen molar-refractivity contribution < 1.29 is 132 Å². The molecule has 0 radical (unpaired) electrons. The molecule has 9 rings (SSSR count). The molecule has 1 spiro atoms. The highest BCUT2D eigenvalue weighted by Crippen LogP contribution is 2.76. The molecular formula is C54H86O28S2. The first-order valence-electron chi connectivity index (χ1n) is 28.9. The van der Waals surface area contributed by atoms with Crippen LogP contribution < -0.4 is 0 Å². The molecule has 27 atom stereocenters. The Morgan fingerprint density at radius 1 is 0.702 bits per heavy atom. The summed E-state index contributed by atoms with van der Waals surface area (Å²) >= 11 is 0. The van der Waals surface area contributed by atoms with Gasteiger partial charge in [0, 0.05) is 31.3 Å². The molecule has 8 fully saturated rings. The fourth-order valence-corrected chi connectivity index (χ4v) is 17.3. The summed E-state index contributed by atoms with van der Waals surface area (Å²) in [5.41, 5.74) is -1.82. The Morgan fingerprint density at radius 2 is 1.32 bits per heavy atom. The first kappa shape index (κ1) is 66.4. The second-order valence-electron chi connectivity index (χ2n) is 26.3. The minimum Gasteiger partial charge on any atom is -0.458 e. The SMILES string of the molecule is COC1C(O)C(CO)OC(OC2C(O)C(COS(=O)(=O)O)OC(OC3C(C)OC(OC4C(OC5CCC6(C)C7CCC89C(=O)OC(C)(CC(=O)CC(C)C)C8CCC9(C)C7=CCC6C5(C)C)OCC(OS(=O)(=O)O)C4O)C(O)C3O)C2O)C1O. The van der Waals surface area contributed by atoms with Crippen molar-refractivity contribution in [2.45, 2.75) is 242 Å². The van der Waals surface area contributed by atoms with Crippen LogP contribution in [0.25, 0.3) is 0 Å². The van der Waals surface area contributed by atoms with E-state index in [-0.39, 0.29) is 47.3 Å². The summed E-state index contributed by atoms with van der Waals surface area (Å²) < 4.78 is 135. The topological polar surface area (TPSA) is 415 Å². The van der Waals surface area contributed by atoms with E-state index < -0.39 is 185 Å². The van der Waals surface area contributed by atoms with Gasteiger partial charge in [-0.1, -0.05) is 53.2 Å². The number of hydrogen-bond donors (Lipinski definition) is 10. The zero-order chi connectivity index (χ0) is 61.8. The van der Waals surface area contributed by atoms with Crippen LogP contribution in [0, 0.1) is 45.3 Å². The number of ketones is 1. The molecule has 0 aromatic rings. The third-order valence-electron chi connectivity index (χ3n) is 20.5. The van der Waals surface area contributed by atoms with Crippen LogP contribution in [0.1, 0.15) is 113 Å². The smallest absolute Gasteiger partial charge is 0.397 e. The summed E-state index contributed by atoms with van der Waals surface area (Å²) in [6.45, 7) is 13.3. The average Bonchev–Trinajstić information content (AvgIpc) is 1.46. The molecule has 4 aliphatic carbocycles. The van der Waals surface area contributed by atoms with Crippen LogP contribution in [0.2, 0.25) is 0 Å². The molecule has 9 aliphatic rings. The van der Waals surface area contributed by atoms with Crippen molar-refractivity contribution in [1.82, 2.24) is 0 Å². The van der Waals surface area contributed by atoms with Gasteiger partial charge in [0.2, 0.25) is 0 Å². The zero-order valence-electron chi connectivity index (χ0n) is 48.6. The number of carbonyl (C=O) groups excluding carboxylic acids is 2. The number of carbonyl (C=O) groups is 2. The standard InChI is InChI=1S/C54H86O28S2/c1-23(2)18-25(56)19-53(8)32-13-16-52(7)27-10-11-31-50(4,5)33(14-15-51(31,6)26(27)12-17-54(32,52)49(64)81-53)77-48-44(36(59)30(21-72-48)82-84(68,69)70)80-45-38(61)37(60)41(24(3)74-45)78-47-40(63)43(35(58)29(76-47)22-73-83(65,66)67)79-46-39(62)42(71-9)34(57)28(20-55)75-46/h10,23-24,26,28-48,55,57-63H,11-22H2,1-9H3,(H,65,66,67)(H,68,69,70). The van der Waals surface area contributed by atoms with E-state index >= 15 is 0 Å². The molecule has 5 aliphatic heterocycles. The van der Waals surface area contributed by atoms with Crippen LogP contribution in [-0.4, -0.2) is 234 Å². The van der Waals surface area contributed by atoms with Gasteiger partial charge in [0.05, 0.1) is 37.4 Å². The molecule has 28 nitrogen and oxygen atoms in total. The monoisotopic (exact) mass is 1250 g/mol. The summed E-state index contributed by atoms with van der Waals surface area (Å²) in [5.74, 6) is 0.0274. The van der Waals surface area contributed by atoms with Gasteiger partial charge in [-0.25, -0.2) is 8.37 Å². The predicted octanol–water partition coefficient (Wildman–Crippen LogP) is -0.475. The van der Waals surface area contributed by atoms with E-state index in [0.717, 1.165) is 26.4 Å². The van der Waals surface area contributed by atoms with E-state index in [1.165, 1.54) is 12.5 Å². The summed E-state index contributed by atoms with van der Waals surface area (Å²) in [6.07, 6.45) is -27.4. The molecule has 27 unspecified atom stereocenters. The second kappa shape index (κ2) is 24.3. The highest BCUT2D eigenvalue weighted by Gasteiger charge is 2.76. The van der Waals surface area contributed by atoms with Crippen molar-refractivity contribution in [3.8, 4) is 0 Å². The van der Waals surface area contributed by atoms with Crippen LogP contribution >= 0.6 is 0 Å². The van der Waals surface area contributed by atoms with Crippen molar-refractivity contribution in [3.05, 3.63) is 11.6 Å². The summed E-state index contributed by atoms with van der Waals surface area (Å²) in [6, 6.07) is 0. The molecule has 0 amide bonds.